The van der Waals surface area contributed by atoms with Gasteiger partial charge in [0, 0.05) is 10.3 Å². The van der Waals surface area contributed by atoms with Gasteiger partial charge >= 0.3 is 0 Å². The Hall–Kier alpha value is -1.33. The van der Waals surface area contributed by atoms with E-state index < -0.39 is 0 Å². The van der Waals surface area contributed by atoms with Crippen molar-refractivity contribution >= 4 is 34.1 Å². The smallest absolute Gasteiger partial charge is 0.239 e. The second-order valence-electron chi connectivity index (χ2n) is 4.11. The number of nitrogens with one attached hydrogen (secondary N) is 1. The maximum Gasteiger partial charge on any atom is 0.239 e. The first-order valence-corrected chi connectivity index (χ1v) is 7.89. The van der Waals surface area contributed by atoms with Crippen LogP contribution in [0.5, 0.6) is 0 Å². The highest BCUT2D eigenvalue weighted by Gasteiger charge is 2.18. The summed E-state index contributed by atoms with van der Waals surface area (Å²) in [6.45, 7) is 3.94. The molecule has 1 atom stereocenters. The lowest BCUT2D eigenvalue weighted by atomic mass is 10.3. The number of nitrogens with zero attached hydrogens (tertiary/aromatic N) is 1. The van der Waals surface area contributed by atoms with Gasteiger partial charge in [-0.2, -0.15) is 0 Å². The molecule has 1 aromatic carbocycles. The summed E-state index contributed by atoms with van der Waals surface area (Å²) in [5.41, 5.74) is 0.934. The maximum atomic E-state index is 12.2. The van der Waals surface area contributed by atoms with Crippen molar-refractivity contribution in [3.63, 3.8) is 0 Å². The van der Waals surface area contributed by atoms with Crippen LogP contribution in [0.4, 0.5) is 5.13 Å². The summed E-state index contributed by atoms with van der Waals surface area (Å²) in [7, 11) is 0. The molecule has 0 spiro atoms. The van der Waals surface area contributed by atoms with Gasteiger partial charge in [0.05, 0.1) is 10.9 Å². The normalized spacial score (nSPS) is 12.1. The van der Waals surface area contributed by atoms with Crippen molar-refractivity contribution in [1.29, 1.82) is 0 Å². The Morgan fingerprint density at radius 3 is 2.74 bits per heavy atom. The fraction of sp³-hybridized carbons (Fsp3) is 0.286. The van der Waals surface area contributed by atoms with Crippen LogP contribution in [0.15, 0.2) is 40.6 Å². The molecular formula is C14H16N2OS2. The average Bonchev–Trinajstić information content (AvgIpc) is 2.82. The topological polar surface area (TPSA) is 42.0 Å². The van der Waals surface area contributed by atoms with Gasteiger partial charge in [0.15, 0.2) is 5.13 Å². The average molecular weight is 292 g/mol. The Kier molecular flexibility index (Phi) is 4.99. The molecule has 5 heteroatoms. The Morgan fingerprint density at radius 1 is 1.42 bits per heavy atom. The summed E-state index contributed by atoms with van der Waals surface area (Å²) in [6.07, 6.45) is 0.787. The molecule has 0 aliphatic rings. The summed E-state index contributed by atoms with van der Waals surface area (Å²) >= 11 is 3.05. The van der Waals surface area contributed by atoms with Crippen LogP contribution in [0, 0.1) is 6.92 Å². The Labute approximate surface area is 121 Å². The number of aryl methyl sites for hydroxylation is 1. The first-order chi connectivity index (χ1) is 9.19. The zero-order valence-electron chi connectivity index (χ0n) is 10.9. The molecule has 100 valence electrons. The van der Waals surface area contributed by atoms with Gasteiger partial charge in [0.25, 0.3) is 0 Å². The molecular weight excluding hydrogens is 276 g/mol. The van der Waals surface area contributed by atoms with Crippen LogP contribution in [0.25, 0.3) is 0 Å². The number of carbonyl (C=O) groups excluding carboxylic acids is 1. The second-order valence-corrected chi connectivity index (χ2v) is 6.25. The third-order valence-corrected chi connectivity index (χ3v) is 4.79. The molecule has 2 rings (SSSR count). The first-order valence-electron chi connectivity index (χ1n) is 6.13. The van der Waals surface area contributed by atoms with E-state index in [1.807, 2.05) is 49.6 Å². The third-order valence-electron chi connectivity index (χ3n) is 2.53. The van der Waals surface area contributed by atoms with Crippen LogP contribution in [0.3, 0.4) is 0 Å². The molecule has 1 heterocycles. The summed E-state index contributed by atoms with van der Waals surface area (Å²) in [6, 6.07) is 9.99. The van der Waals surface area contributed by atoms with Gasteiger partial charge in [-0.1, -0.05) is 25.1 Å². The number of benzene rings is 1. The number of thiazole rings is 1. The molecule has 0 bridgehead atoms. The SMILES string of the molecule is CCC(Sc1ccccc1)C(=O)Nc1nc(C)cs1. The van der Waals surface area contributed by atoms with Crippen LogP contribution in [0.2, 0.25) is 0 Å². The van der Waals surface area contributed by atoms with Gasteiger partial charge in [0.2, 0.25) is 5.91 Å². The van der Waals surface area contributed by atoms with Crippen LogP contribution in [-0.4, -0.2) is 16.1 Å². The predicted octanol–water partition coefficient (Wildman–Crippen LogP) is 3.96. The van der Waals surface area contributed by atoms with Crippen molar-refractivity contribution < 1.29 is 4.79 Å². The van der Waals surface area contributed by atoms with E-state index in [1.165, 1.54) is 11.3 Å². The summed E-state index contributed by atoms with van der Waals surface area (Å²) in [4.78, 5) is 17.6. The zero-order chi connectivity index (χ0) is 13.7. The minimum Gasteiger partial charge on any atom is -0.301 e. The van der Waals surface area contributed by atoms with Gasteiger partial charge in [0.1, 0.15) is 0 Å². The number of rotatable bonds is 5. The zero-order valence-corrected chi connectivity index (χ0v) is 12.6. The lowest BCUT2D eigenvalue weighted by molar-refractivity contribution is -0.115. The first kappa shape index (κ1) is 14.1. The molecule has 0 radical (unpaired) electrons. The predicted molar refractivity (Wildman–Crippen MR) is 81.9 cm³/mol. The molecule has 0 saturated heterocycles. The quantitative estimate of drug-likeness (QED) is 0.848. The van der Waals surface area contributed by atoms with Crippen molar-refractivity contribution in [2.75, 3.05) is 5.32 Å². The van der Waals surface area contributed by atoms with Crippen molar-refractivity contribution in [3.05, 3.63) is 41.4 Å². The van der Waals surface area contributed by atoms with E-state index >= 15 is 0 Å². The highest BCUT2D eigenvalue weighted by atomic mass is 32.2. The van der Waals surface area contributed by atoms with Crippen molar-refractivity contribution in [1.82, 2.24) is 4.98 Å². The number of amides is 1. The molecule has 2 aromatic rings. The minimum atomic E-state index is -0.0911. The number of carbonyl (C=O) groups is 1. The Morgan fingerprint density at radius 2 is 2.16 bits per heavy atom. The van der Waals surface area contributed by atoms with Crippen molar-refractivity contribution in [2.24, 2.45) is 0 Å². The van der Waals surface area contributed by atoms with Crippen molar-refractivity contribution in [2.45, 2.75) is 30.4 Å². The maximum absolute atomic E-state index is 12.2. The van der Waals surface area contributed by atoms with Crippen LogP contribution >= 0.6 is 23.1 Å². The third kappa shape index (κ3) is 4.08. The number of hydrogen-bond acceptors (Lipinski definition) is 4. The molecule has 19 heavy (non-hydrogen) atoms. The molecule has 1 amide bonds. The molecule has 1 aromatic heterocycles. The lowest BCUT2D eigenvalue weighted by Crippen LogP contribution is -2.24. The van der Waals surface area contributed by atoms with Crippen LogP contribution in [-0.2, 0) is 4.79 Å². The fourth-order valence-electron chi connectivity index (χ4n) is 1.58. The van der Waals surface area contributed by atoms with E-state index in [1.54, 1.807) is 11.8 Å². The van der Waals surface area contributed by atoms with E-state index in [0.29, 0.717) is 5.13 Å². The standard InChI is InChI=1S/C14H16N2OS2/c1-3-12(19-11-7-5-4-6-8-11)13(17)16-14-15-10(2)9-18-14/h4-9,12H,3H2,1-2H3,(H,15,16,17). The molecule has 3 nitrogen and oxygen atoms in total. The number of thioether (sulfide) groups is 1. The Balaban J connectivity index is 1.99. The number of anilines is 1. The largest absolute Gasteiger partial charge is 0.301 e. The van der Waals surface area contributed by atoms with E-state index in [2.05, 4.69) is 10.3 Å². The number of hydrogen-bond donors (Lipinski definition) is 1. The van der Waals surface area contributed by atoms with E-state index in [-0.39, 0.29) is 11.2 Å². The monoisotopic (exact) mass is 292 g/mol. The molecule has 1 N–H and O–H groups in total. The Bertz CT molecular complexity index is 539. The molecule has 0 fully saturated rings. The fourth-order valence-corrected chi connectivity index (χ4v) is 3.25. The van der Waals surface area contributed by atoms with Crippen LogP contribution < -0.4 is 5.32 Å². The van der Waals surface area contributed by atoms with E-state index in [4.69, 9.17) is 0 Å². The van der Waals surface area contributed by atoms with Gasteiger partial charge in [-0.3, -0.25) is 4.79 Å². The number of aromatic nitrogens is 1. The van der Waals surface area contributed by atoms with Crippen LogP contribution in [0.1, 0.15) is 19.0 Å². The molecule has 0 saturated carbocycles. The van der Waals surface area contributed by atoms with Gasteiger partial charge in [-0.05, 0) is 25.5 Å². The van der Waals surface area contributed by atoms with Crippen molar-refractivity contribution in [3.8, 4) is 0 Å². The second kappa shape index (κ2) is 6.73. The highest BCUT2D eigenvalue weighted by Crippen LogP contribution is 2.26. The molecule has 1 unspecified atom stereocenters. The summed E-state index contributed by atoms with van der Waals surface area (Å²) in [5.74, 6) is 0.0192. The summed E-state index contributed by atoms with van der Waals surface area (Å²) in [5, 5.41) is 5.40. The van der Waals surface area contributed by atoms with Gasteiger partial charge < -0.3 is 5.32 Å². The van der Waals surface area contributed by atoms with E-state index in [9.17, 15) is 4.79 Å². The molecule has 0 aliphatic carbocycles. The summed E-state index contributed by atoms with van der Waals surface area (Å²) < 4.78 is 0. The minimum absolute atomic E-state index is 0.0192. The molecule has 0 aliphatic heterocycles. The van der Waals surface area contributed by atoms with Gasteiger partial charge in [-0.15, -0.1) is 23.1 Å². The highest BCUT2D eigenvalue weighted by molar-refractivity contribution is 8.00. The van der Waals surface area contributed by atoms with E-state index in [0.717, 1.165) is 17.0 Å². The van der Waals surface area contributed by atoms with Gasteiger partial charge in [-0.25, -0.2) is 4.98 Å². The lowest BCUT2D eigenvalue weighted by Gasteiger charge is -2.13.